The summed E-state index contributed by atoms with van der Waals surface area (Å²) < 4.78 is 0. The second-order valence-corrected chi connectivity index (χ2v) is 6.57. The van der Waals surface area contributed by atoms with Crippen molar-refractivity contribution in [2.24, 2.45) is 11.1 Å². The quantitative estimate of drug-likeness (QED) is 0.798. The number of rotatable bonds is 4. The summed E-state index contributed by atoms with van der Waals surface area (Å²) >= 11 is 0. The van der Waals surface area contributed by atoms with Crippen LogP contribution in [0.2, 0.25) is 0 Å². The molecule has 1 aliphatic heterocycles. The van der Waals surface area contributed by atoms with E-state index in [2.05, 4.69) is 25.7 Å². The normalized spacial score (nSPS) is 21.8. The smallest absolute Gasteiger partial charge is 0.00559 e. The van der Waals surface area contributed by atoms with Crippen LogP contribution in [-0.4, -0.2) is 30.6 Å². The summed E-state index contributed by atoms with van der Waals surface area (Å²) in [6, 6.07) is 0.378. The highest BCUT2D eigenvalue weighted by Crippen LogP contribution is 2.21. The molecule has 0 aromatic carbocycles. The summed E-state index contributed by atoms with van der Waals surface area (Å²) in [6.07, 6.45) is 7.91. The maximum atomic E-state index is 6.19. The Bertz CT molecular complexity index is 176. The van der Waals surface area contributed by atoms with Crippen molar-refractivity contribution < 1.29 is 0 Å². The fourth-order valence-corrected chi connectivity index (χ4v) is 2.60. The molecule has 1 aliphatic rings. The maximum absolute atomic E-state index is 6.19. The van der Waals surface area contributed by atoms with Gasteiger partial charge in [0.15, 0.2) is 0 Å². The Morgan fingerprint density at radius 2 is 1.62 bits per heavy atom. The second kappa shape index (κ2) is 6.61. The summed E-state index contributed by atoms with van der Waals surface area (Å²) in [7, 11) is 0. The van der Waals surface area contributed by atoms with Crippen LogP contribution in [0.25, 0.3) is 0 Å². The molecule has 96 valence electrons. The van der Waals surface area contributed by atoms with Crippen LogP contribution in [0.15, 0.2) is 0 Å². The lowest BCUT2D eigenvalue weighted by molar-refractivity contribution is 0.254. The highest BCUT2D eigenvalue weighted by molar-refractivity contribution is 4.73. The molecule has 1 rings (SSSR count). The molecule has 0 bridgehead atoms. The van der Waals surface area contributed by atoms with Crippen LogP contribution in [-0.2, 0) is 0 Å². The fraction of sp³-hybridized carbons (Fsp3) is 1.00. The summed E-state index contributed by atoms with van der Waals surface area (Å²) in [4.78, 5) is 2.61. The molecule has 1 unspecified atom stereocenters. The zero-order valence-electron chi connectivity index (χ0n) is 11.5. The first kappa shape index (κ1) is 14.0. The van der Waals surface area contributed by atoms with Gasteiger partial charge >= 0.3 is 0 Å². The Hall–Kier alpha value is -0.0800. The zero-order chi connectivity index (χ0) is 12.0. The second-order valence-electron chi connectivity index (χ2n) is 6.57. The fourth-order valence-electron chi connectivity index (χ4n) is 2.60. The Kier molecular flexibility index (Phi) is 5.77. The van der Waals surface area contributed by atoms with Crippen LogP contribution in [0.5, 0.6) is 0 Å². The average molecular weight is 226 g/mol. The van der Waals surface area contributed by atoms with Gasteiger partial charge in [-0.3, -0.25) is 0 Å². The van der Waals surface area contributed by atoms with E-state index >= 15 is 0 Å². The monoisotopic (exact) mass is 226 g/mol. The van der Waals surface area contributed by atoms with Gasteiger partial charge in [0.1, 0.15) is 0 Å². The first-order valence-corrected chi connectivity index (χ1v) is 6.95. The number of hydrogen-bond donors (Lipinski definition) is 1. The SMILES string of the molecule is CC(C)(C)CC(N)CCN1CCCCCC1. The van der Waals surface area contributed by atoms with E-state index in [1.807, 2.05) is 0 Å². The molecule has 16 heavy (non-hydrogen) atoms. The van der Waals surface area contributed by atoms with Crippen molar-refractivity contribution in [3.8, 4) is 0 Å². The lowest BCUT2D eigenvalue weighted by Gasteiger charge is -2.26. The molecular formula is C14H30N2. The van der Waals surface area contributed by atoms with Gasteiger partial charge in [-0.1, -0.05) is 33.6 Å². The van der Waals surface area contributed by atoms with E-state index in [-0.39, 0.29) is 0 Å². The van der Waals surface area contributed by atoms with Crippen molar-refractivity contribution in [2.75, 3.05) is 19.6 Å². The van der Waals surface area contributed by atoms with Gasteiger partial charge in [-0.05, 0) is 50.7 Å². The van der Waals surface area contributed by atoms with Crippen molar-refractivity contribution in [2.45, 2.75) is 65.3 Å². The van der Waals surface area contributed by atoms with E-state index in [4.69, 9.17) is 5.73 Å². The minimum absolute atomic E-state index is 0.373. The van der Waals surface area contributed by atoms with Crippen molar-refractivity contribution in [1.29, 1.82) is 0 Å². The molecule has 0 aromatic heterocycles. The minimum atomic E-state index is 0.373. The van der Waals surface area contributed by atoms with Crippen molar-refractivity contribution >= 4 is 0 Å². The molecule has 0 saturated carbocycles. The lowest BCUT2D eigenvalue weighted by Crippen LogP contribution is -2.33. The molecule has 2 N–H and O–H groups in total. The van der Waals surface area contributed by atoms with Gasteiger partial charge < -0.3 is 10.6 Å². The molecular weight excluding hydrogens is 196 g/mol. The van der Waals surface area contributed by atoms with E-state index in [9.17, 15) is 0 Å². The van der Waals surface area contributed by atoms with E-state index < -0.39 is 0 Å². The number of nitrogens with two attached hydrogens (primary N) is 1. The topological polar surface area (TPSA) is 29.3 Å². The summed E-state index contributed by atoms with van der Waals surface area (Å²) in [5.74, 6) is 0. The molecule has 0 amide bonds. The molecule has 2 nitrogen and oxygen atoms in total. The Labute approximate surface area is 102 Å². The molecule has 0 aliphatic carbocycles. The first-order chi connectivity index (χ1) is 7.47. The standard InChI is InChI=1S/C14H30N2/c1-14(2,3)12-13(15)8-11-16-9-6-4-5-7-10-16/h13H,4-12,15H2,1-3H3. The van der Waals surface area contributed by atoms with Crippen LogP contribution < -0.4 is 5.73 Å². The summed E-state index contributed by atoms with van der Waals surface area (Å²) in [5.41, 5.74) is 6.56. The van der Waals surface area contributed by atoms with Gasteiger partial charge in [0.2, 0.25) is 0 Å². The van der Waals surface area contributed by atoms with Crippen molar-refractivity contribution in [1.82, 2.24) is 4.90 Å². The van der Waals surface area contributed by atoms with E-state index in [0.29, 0.717) is 11.5 Å². The summed E-state index contributed by atoms with van der Waals surface area (Å²) in [6.45, 7) is 10.6. The van der Waals surface area contributed by atoms with Gasteiger partial charge in [0.05, 0.1) is 0 Å². The average Bonchev–Trinajstić information content (AvgIpc) is 2.39. The molecule has 1 heterocycles. The molecule has 1 saturated heterocycles. The Morgan fingerprint density at radius 3 is 2.12 bits per heavy atom. The number of likely N-dealkylation sites (tertiary alicyclic amines) is 1. The van der Waals surface area contributed by atoms with Gasteiger partial charge in [-0.2, -0.15) is 0 Å². The van der Waals surface area contributed by atoms with E-state index in [0.717, 1.165) is 12.8 Å². The van der Waals surface area contributed by atoms with Crippen molar-refractivity contribution in [3.05, 3.63) is 0 Å². The van der Waals surface area contributed by atoms with Gasteiger partial charge in [-0.25, -0.2) is 0 Å². The lowest BCUT2D eigenvalue weighted by atomic mass is 9.87. The van der Waals surface area contributed by atoms with Crippen LogP contribution in [0.4, 0.5) is 0 Å². The van der Waals surface area contributed by atoms with Crippen LogP contribution in [0.1, 0.15) is 59.3 Å². The molecule has 1 atom stereocenters. The largest absolute Gasteiger partial charge is 0.328 e. The highest BCUT2D eigenvalue weighted by atomic mass is 15.1. The highest BCUT2D eigenvalue weighted by Gasteiger charge is 2.16. The predicted octanol–water partition coefficient (Wildman–Crippen LogP) is 3.02. The molecule has 0 radical (unpaired) electrons. The van der Waals surface area contributed by atoms with E-state index in [1.54, 1.807) is 0 Å². The number of nitrogens with zero attached hydrogens (tertiary/aromatic N) is 1. The van der Waals surface area contributed by atoms with E-state index in [1.165, 1.54) is 45.3 Å². The van der Waals surface area contributed by atoms with Gasteiger partial charge in [0, 0.05) is 6.04 Å². The molecule has 0 aromatic rings. The van der Waals surface area contributed by atoms with Gasteiger partial charge in [0.25, 0.3) is 0 Å². The van der Waals surface area contributed by atoms with Gasteiger partial charge in [-0.15, -0.1) is 0 Å². The maximum Gasteiger partial charge on any atom is 0.00559 e. The Morgan fingerprint density at radius 1 is 1.06 bits per heavy atom. The third-order valence-corrected chi connectivity index (χ3v) is 3.39. The minimum Gasteiger partial charge on any atom is -0.328 e. The molecule has 0 spiro atoms. The molecule has 1 fully saturated rings. The predicted molar refractivity (Wildman–Crippen MR) is 71.6 cm³/mol. The third kappa shape index (κ3) is 6.49. The molecule has 2 heteroatoms. The number of hydrogen-bond acceptors (Lipinski definition) is 2. The van der Waals surface area contributed by atoms with Crippen LogP contribution >= 0.6 is 0 Å². The summed E-state index contributed by atoms with van der Waals surface area (Å²) in [5, 5.41) is 0. The third-order valence-electron chi connectivity index (χ3n) is 3.39. The zero-order valence-corrected chi connectivity index (χ0v) is 11.5. The van der Waals surface area contributed by atoms with Crippen LogP contribution in [0, 0.1) is 5.41 Å². The Balaban J connectivity index is 2.17. The van der Waals surface area contributed by atoms with Crippen LogP contribution in [0.3, 0.4) is 0 Å². The van der Waals surface area contributed by atoms with Crippen molar-refractivity contribution in [3.63, 3.8) is 0 Å². The first-order valence-electron chi connectivity index (χ1n) is 6.95.